The zero-order valence-electron chi connectivity index (χ0n) is 54.5. The summed E-state index contributed by atoms with van der Waals surface area (Å²) >= 11 is 0. The number of nitrogens with one attached hydrogen (secondary N) is 1. The molecule has 6 N–H and O–H groups in total. The summed E-state index contributed by atoms with van der Waals surface area (Å²) in [5, 5.41) is 57.2. The number of unbranched alkanes of at least 4 members (excludes halogenated alkanes) is 39. The monoisotopic (exact) mass is 1180 g/mol. The standard InChI is InChI=1S/C73H133NO10/c1-4-7-10-13-16-19-22-25-27-29-30-31-32-33-34-35-36-37-39-40-42-45-48-51-54-57-60-66(77)72(81)74-64(65(76)59-56-53-50-47-44-24-21-18-15-12-9-6-3)63-82-73-71(70(80)69(79)67(62-75)83-73)84-68(78)61-58-55-52-49-46-43-41-38-28-26-23-20-17-14-11-8-5-2/h16-17,19-20,25-28,56,59,64-67,69-71,73,75-77,79-80H,4-15,18,21-24,29-55,57-58,60-63H2,1-3H3,(H,74,81)/b19-16-,20-17-,27-25-,28-26-,59-56+. The molecule has 1 heterocycles. The molecule has 0 saturated carbocycles. The van der Waals surface area contributed by atoms with E-state index in [1.165, 1.54) is 199 Å². The molecule has 1 amide bonds. The van der Waals surface area contributed by atoms with E-state index in [2.05, 4.69) is 74.7 Å². The topological polar surface area (TPSA) is 175 Å². The maximum absolute atomic E-state index is 13.5. The van der Waals surface area contributed by atoms with Gasteiger partial charge in [-0.05, 0) is 89.9 Å². The number of aliphatic hydroxyl groups excluding tert-OH is 5. The molecule has 8 atom stereocenters. The fourth-order valence-corrected chi connectivity index (χ4v) is 11.0. The molecule has 1 aliphatic rings. The summed E-state index contributed by atoms with van der Waals surface area (Å²) in [6.07, 6.45) is 66.9. The number of ether oxygens (including phenoxy) is 3. The van der Waals surface area contributed by atoms with E-state index in [1.807, 2.05) is 6.08 Å². The quantitative estimate of drug-likeness (QED) is 0.0195. The number of rotatable bonds is 61. The van der Waals surface area contributed by atoms with Crippen LogP contribution in [0.2, 0.25) is 0 Å². The van der Waals surface area contributed by atoms with Gasteiger partial charge in [-0.1, -0.05) is 293 Å². The molecule has 11 nitrogen and oxygen atoms in total. The predicted octanol–water partition coefficient (Wildman–Crippen LogP) is 18.1. The van der Waals surface area contributed by atoms with Gasteiger partial charge in [-0.3, -0.25) is 9.59 Å². The molecule has 8 unspecified atom stereocenters. The fourth-order valence-electron chi connectivity index (χ4n) is 11.0. The largest absolute Gasteiger partial charge is 0.454 e. The first-order valence-corrected chi connectivity index (χ1v) is 35.6. The van der Waals surface area contributed by atoms with Crippen LogP contribution in [0.5, 0.6) is 0 Å². The van der Waals surface area contributed by atoms with E-state index in [4.69, 9.17) is 14.2 Å². The molecular weight excluding hydrogens is 1050 g/mol. The number of carbonyl (C=O) groups excluding carboxylic acids is 2. The first-order valence-electron chi connectivity index (χ1n) is 35.6. The highest BCUT2D eigenvalue weighted by molar-refractivity contribution is 5.80. The predicted molar refractivity (Wildman–Crippen MR) is 352 cm³/mol. The van der Waals surface area contributed by atoms with Crippen molar-refractivity contribution >= 4 is 11.9 Å². The number of carbonyl (C=O) groups is 2. The van der Waals surface area contributed by atoms with Crippen LogP contribution in [0.4, 0.5) is 0 Å². The zero-order valence-corrected chi connectivity index (χ0v) is 54.5. The summed E-state index contributed by atoms with van der Waals surface area (Å²) in [7, 11) is 0. The summed E-state index contributed by atoms with van der Waals surface area (Å²) in [5.74, 6) is -1.19. The van der Waals surface area contributed by atoms with Crippen LogP contribution < -0.4 is 5.32 Å². The van der Waals surface area contributed by atoms with E-state index in [-0.39, 0.29) is 13.0 Å². The minimum Gasteiger partial charge on any atom is -0.454 e. The molecule has 11 heteroatoms. The van der Waals surface area contributed by atoms with Crippen LogP contribution in [0.15, 0.2) is 60.8 Å². The van der Waals surface area contributed by atoms with Crippen molar-refractivity contribution in [2.24, 2.45) is 0 Å². The van der Waals surface area contributed by atoms with Crippen LogP contribution in [0.1, 0.15) is 329 Å². The molecule has 0 aromatic heterocycles. The third kappa shape index (κ3) is 47.4. The lowest BCUT2D eigenvalue weighted by molar-refractivity contribution is -0.305. The number of aliphatic hydroxyl groups is 5. The number of esters is 1. The maximum Gasteiger partial charge on any atom is 0.306 e. The van der Waals surface area contributed by atoms with E-state index in [9.17, 15) is 35.1 Å². The van der Waals surface area contributed by atoms with E-state index in [0.29, 0.717) is 19.3 Å². The van der Waals surface area contributed by atoms with Crippen molar-refractivity contribution in [3.8, 4) is 0 Å². The third-order valence-electron chi connectivity index (χ3n) is 16.6. The van der Waals surface area contributed by atoms with Gasteiger partial charge < -0.3 is 45.1 Å². The molecule has 490 valence electrons. The van der Waals surface area contributed by atoms with Crippen molar-refractivity contribution in [3.63, 3.8) is 0 Å². The number of hydrogen-bond acceptors (Lipinski definition) is 10. The Labute approximate surface area is 516 Å². The van der Waals surface area contributed by atoms with Crippen molar-refractivity contribution in [1.82, 2.24) is 5.32 Å². The SMILES string of the molecule is CCCCC/C=C\C/C=C\CCCCCCCCCCCCCCCCCCC(O)C(=O)NC(COC1OC(CO)C(O)C(O)C1OC(=O)CCCCCCCCC/C=C\C/C=C\CCCCC)C(O)/C=C/CCCCCCCCCCCC. The van der Waals surface area contributed by atoms with Gasteiger partial charge in [0.2, 0.25) is 5.91 Å². The highest BCUT2D eigenvalue weighted by Gasteiger charge is 2.47. The number of hydrogen-bond donors (Lipinski definition) is 6. The van der Waals surface area contributed by atoms with Gasteiger partial charge in [0.25, 0.3) is 0 Å². The summed E-state index contributed by atoms with van der Waals surface area (Å²) in [6, 6.07) is -1.03. The van der Waals surface area contributed by atoms with Gasteiger partial charge in [-0.15, -0.1) is 0 Å². The minimum absolute atomic E-state index is 0.115. The summed E-state index contributed by atoms with van der Waals surface area (Å²) < 4.78 is 17.7. The van der Waals surface area contributed by atoms with Crippen molar-refractivity contribution in [3.05, 3.63) is 60.8 Å². The fraction of sp³-hybridized carbons (Fsp3) is 0.836. The van der Waals surface area contributed by atoms with E-state index in [1.54, 1.807) is 6.08 Å². The Hall–Kier alpha value is -2.64. The van der Waals surface area contributed by atoms with Gasteiger partial charge in [0.15, 0.2) is 12.4 Å². The smallest absolute Gasteiger partial charge is 0.306 e. The lowest BCUT2D eigenvalue weighted by Gasteiger charge is -2.41. The van der Waals surface area contributed by atoms with E-state index in [0.717, 1.165) is 83.5 Å². The Bertz CT molecular complexity index is 1600. The molecule has 1 aliphatic heterocycles. The second-order valence-corrected chi connectivity index (χ2v) is 24.6. The van der Waals surface area contributed by atoms with Crippen LogP contribution in [0.25, 0.3) is 0 Å². The normalized spacial score (nSPS) is 18.8. The van der Waals surface area contributed by atoms with Gasteiger partial charge in [0.05, 0.1) is 25.4 Å². The zero-order chi connectivity index (χ0) is 61.0. The van der Waals surface area contributed by atoms with Gasteiger partial charge in [0.1, 0.15) is 24.4 Å². The maximum atomic E-state index is 13.5. The highest BCUT2D eigenvalue weighted by atomic mass is 16.7. The number of allylic oxidation sites excluding steroid dienone is 9. The summed E-state index contributed by atoms with van der Waals surface area (Å²) in [4.78, 5) is 26.7. The first-order chi connectivity index (χ1) is 41.2. The molecule has 0 aromatic rings. The molecule has 0 spiro atoms. The van der Waals surface area contributed by atoms with Crippen molar-refractivity contribution in [2.45, 2.75) is 378 Å². The lowest BCUT2D eigenvalue weighted by atomic mass is 9.99. The molecule has 0 radical (unpaired) electrons. The second-order valence-electron chi connectivity index (χ2n) is 24.6. The highest BCUT2D eigenvalue weighted by Crippen LogP contribution is 2.26. The Morgan fingerprint density at radius 2 is 0.821 bits per heavy atom. The molecule has 0 bridgehead atoms. The van der Waals surface area contributed by atoms with E-state index < -0.39 is 67.4 Å². The first kappa shape index (κ1) is 79.4. The minimum atomic E-state index is -1.62. The Morgan fingerprint density at radius 1 is 0.464 bits per heavy atom. The molecule has 1 rings (SSSR count). The molecule has 1 fully saturated rings. The lowest BCUT2D eigenvalue weighted by Crippen LogP contribution is -2.61. The third-order valence-corrected chi connectivity index (χ3v) is 16.6. The summed E-state index contributed by atoms with van der Waals surface area (Å²) in [5.41, 5.74) is 0. The average molecular weight is 1180 g/mol. The van der Waals surface area contributed by atoms with Crippen molar-refractivity contribution < 1.29 is 49.3 Å². The Balaban J connectivity index is 2.55. The average Bonchev–Trinajstić information content (AvgIpc) is 3.67. The molecule has 1 saturated heterocycles. The molecule has 0 aliphatic carbocycles. The van der Waals surface area contributed by atoms with Crippen LogP contribution in [-0.2, 0) is 23.8 Å². The van der Waals surface area contributed by atoms with Crippen molar-refractivity contribution in [1.29, 1.82) is 0 Å². The number of amides is 1. The Kier molecular flexibility index (Phi) is 57.3. The van der Waals surface area contributed by atoms with E-state index >= 15 is 0 Å². The Morgan fingerprint density at radius 3 is 1.24 bits per heavy atom. The molecular formula is C73H133NO10. The second kappa shape index (κ2) is 60.6. The van der Waals surface area contributed by atoms with Crippen LogP contribution in [-0.4, -0.2) is 99.6 Å². The molecule has 0 aromatic carbocycles. The van der Waals surface area contributed by atoms with Gasteiger partial charge in [0, 0.05) is 6.42 Å². The van der Waals surface area contributed by atoms with Crippen LogP contribution >= 0.6 is 0 Å². The van der Waals surface area contributed by atoms with Gasteiger partial charge in [-0.25, -0.2) is 0 Å². The van der Waals surface area contributed by atoms with Gasteiger partial charge >= 0.3 is 5.97 Å². The van der Waals surface area contributed by atoms with Gasteiger partial charge in [-0.2, -0.15) is 0 Å². The van der Waals surface area contributed by atoms with Crippen LogP contribution in [0.3, 0.4) is 0 Å². The van der Waals surface area contributed by atoms with Crippen LogP contribution in [0, 0.1) is 0 Å². The molecule has 84 heavy (non-hydrogen) atoms. The summed E-state index contributed by atoms with van der Waals surface area (Å²) in [6.45, 7) is 5.77. The van der Waals surface area contributed by atoms with Crippen molar-refractivity contribution in [2.75, 3.05) is 13.2 Å².